The van der Waals surface area contributed by atoms with Gasteiger partial charge in [-0.2, -0.15) is 9.41 Å². The molecule has 202 valence electrons. The predicted octanol–water partition coefficient (Wildman–Crippen LogP) is 6.05. The summed E-state index contributed by atoms with van der Waals surface area (Å²) in [5.74, 6) is -0.559. The summed E-state index contributed by atoms with van der Waals surface area (Å²) in [5.41, 5.74) is 7.63. The first-order valence-corrected chi connectivity index (χ1v) is 14.3. The summed E-state index contributed by atoms with van der Waals surface area (Å²) in [5, 5.41) is 5.02. The molecule has 1 N–H and O–H groups in total. The largest absolute Gasteiger partial charge is 0.318 e. The summed E-state index contributed by atoms with van der Waals surface area (Å²) in [4.78, 5) is 13.0. The van der Waals surface area contributed by atoms with Gasteiger partial charge in [0, 0.05) is 29.2 Å². The third-order valence-corrected chi connectivity index (χ3v) is 8.75. The Bertz CT molecular complexity index is 1620. The monoisotopic (exact) mass is 582 g/mol. The third-order valence-electron chi connectivity index (χ3n) is 6.21. The minimum absolute atomic E-state index is 0.0407. The van der Waals surface area contributed by atoms with Crippen LogP contribution in [-0.4, -0.2) is 36.0 Å². The second kappa shape index (κ2) is 12.2. The first kappa shape index (κ1) is 28.6. The lowest BCUT2D eigenvalue weighted by molar-refractivity contribution is -0.121. The molecule has 0 radical (unpaired) electrons. The molecule has 0 saturated heterocycles. The van der Waals surface area contributed by atoms with Crippen LogP contribution in [-0.2, 0) is 21.4 Å². The van der Waals surface area contributed by atoms with Gasteiger partial charge in [-0.25, -0.2) is 13.8 Å². The topological polar surface area (TPSA) is 83.8 Å². The second-order valence-corrected chi connectivity index (χ2v) is 11.9. The van der Waals surface area contributed by atoms with Gasteiger partial charge in [-0.1, -0.05) is 71.2 Å². The van der Waals surface area contributed by atoms with Crippen LogP contribution >= 0.6 is 23.2 Å². The van der Waals surface area contributed by atoms with Crippen LogP contribution < -0.4 is 5.43 Å². The quantitative estimate of drug-likeness (QED) is 0.192. The average molecular weight is 584 g/mol. The Morgan fingerprint density at radius 1 is 0.949 bits per heavy atom. The summed E-state index contributed by atoms with van der Waals surface area (Å²) < 4.78 is 30.0. The maximum atomic E-state index is 13.4. The molecule has 39 heavy (non-hydrogen) atoms. The Labute approximate surface area is 238 Å². The van der Waals surface area contributed by atoms with Crippen LogP contribution in [0.15, 0.2) is 88.9 Å². The third kappa shape index (κ3) is 6.78. The number of hydrogen-bond acceptors (Lipinski definition) is 4. The predicted molar refractivity (Wildman–Crippen MR) is 156 cm³/mol. The molecule has 1 aromatic heterocycles. The molecule has 1 heterocycles. The fraction of sp³-hybridized carbons (Fsp3) is 0.172. The molecule has 1 amide bonds. The van der Waals surface area contributed by atoms with Crippen molar-refractivity contribution < 1.29 is 13.2 Å². The number of hydrogen-bond donors (Lipinski definition) is 1. The molecule has 4 aromatic rings. The molecule has 0 saturated carbocycles. The highest BCUT2D eigenvalue weighted by atomic mass is 35.5. The highest BCUT2D eigenvalue weighted by Gasteiger charge is 2.27. The van der Waals surface area contributed by atoms with Crippen molar-refractivity contribution in [1.82, 2.24) is 14.3 Å². The summed E-state index contributed by atoms with van der Waals surface area (Å²) >= 11 is 12.3. The Balaban J connectivity index is 1.51. The molecule has 0 fully saturated rings. The number of benzene rings is 3. The van der Waals surface area contributed by atoms with Crippen molar-refractivity contribution in [3.05, 3.63) is 117 Å². The number of amides is 1. The molecule has 3 aromatic carbocycles. The standard InChI is InChI=1S/C29H28Cl2N4O3S/c1-20-9-12-26(13-10-20)39(37,38)34(18-23-7-5-4-6-8-23)19-29(36)33-32-17-24-15-21(2)35(22(24)3)25-11-14-27(30)28(31)16-25/h4-17H,18-19H2,1-3H3,(H,33,36)/b32-17+. The van der Waals surface area contributed by atoms with Crippen LogP contribution in [0.3, 0.4) is 0 Å². The van der Waals surface area contributed by atoms with E-state index in [0.717, 1.165) is 38.1 Å². The molecule has 4 rings (SSSR count). The maximum absolute atomic E-state index is 13.4. The molecular formula is C29H28Cl2N4O3S. The Kier molecular flexibility index (Phi) is 8.92. The molecule has 0 aliphatic heterocycles. The van der Waals surface area contributed by atoms with Gasteiger partial charge in [0.05, 0.1) is 27.7 Å². The van der Waals surface area contributed by atoms with Gasteiger partial charge in [0.25, 0.3) is 5.91 Å². The normalized spacial score (nSPS) is 11.8. The Morgan fingerprint density at radius 3 is 2.31 bits per heavy atom. The lowest BCUT2D eigenvalue weighted by Gasteiger charge is -2.21. The number of nitrogens with zero attached hydrogens (tertiary/aromatic N) is 3. The van der Waals surface area contributed by atoms with Gasteiger partial charge in [-0.15, -0.1) is 0 Å². The summed E-state index contributed by atoms with van der Waals surface area (Å²) in [6.45, 7) is 5.40. The van der Waals surface area contributed by atoms with Gasteiger partial charge < -0.3 is 4.57 Å². The van der Waals surface area contributed by atoms with Gasteiger partial charge in [-0.05, 0) is 62.7 Å². The smallest absolute Gasteiger partial charge is 0.255 e. The van der Waals surface area contributed by atoms with Gasteiger partial charge in [0.1, 0.15) is 0 Å². The zero-order valence-electron chi connectivity index (χ0n) is 21.7. The van der Waals surface area contributed by atoms with E-state index >= 15 is 0 Å². The molecular weight excluding hydrogens is 555 g/mol. The van der Waals surface area contributed by atoms with E-state index in [4.69, 9.17) is 23.2 Å². The lowest BCUT2D eigenvalue weighted by atomic mass is 10.2. The summed E-state index contributed by atoms with van der Waals surface area (Å²) in [7, 11) is -3.94. The Morgan fingerprint density at radius 2 is 1.64 bits per heavy atom. The fourth-order valence-corrected chi connectivity index (χ4v) is 5.86. The minimum atomic E-state index is -3.94. The number of aromatic nitrogens is 1. The lowest BCUT2D eigenvalue weighted by Crippen LogP contribution is -2.39. The first-order chi connectivity index (χ1) is 18.6. The van der Waals surface area contributed by atoms with E-state index in [2.05, 4.69) is 10.5 Å². The van der Waals surface area contributed by atoms with Crippen molar-refractivity contribution in [3.63, 3.8) is 0 Å². The number of carbonyl (C=O) groups is 1. The number of aryl methyl sites for hydroxylation is 2. The van der Waals surface area contributed by atoms with E-state index in [0.29, 0.717) is 10.0 Å². The maximum Gasteiger partial charge on any atom is 0.255 e. The molecule has 0 atom stereocenters. The van der Waals surface area contributed by atoms with Crippen LogP contribution in [0.2, 0.25) is 10.0 Å². The number of hydrazone groups is 1. The van der Waals surface area contributed by atoms with Gasteiger partial charge in [-0.3, -0.25) is 4.79 Å². The van der Waals surface area contributed by atoms with E-state index in [-0.39, 0.29) is 11.4 Å². The van der Waals surface area contributed by atoms with Gasteiger partial charge in [0.2, 0.25) is 10.0 Å². The van der Waals surface area contributed by atoms with Crippen LogP contribution in [0, 0.1) is 20.8 Å². The van der Waals surface area contributed by atoms with Crippen LogP contribution in [0.5, 0.6) is 0 Å². The Hall–Kier alpha value is -3.43. The number of rotatable bonds is 9. The highest BCUT2D eigenvalue weighted by Crippen LogP contribution is 2.27. The van der Waals surface area contributed by atoms with E-state index in [1.807, 2.05) is 67.8 Å². The van der Waals surface area contributed by atoms with Crippen LogP contribution in [0.1, 0.15) is 28.1 Å². The van der Waals surface area contributed by atoms with Crippen molar-refractivity contribution in [3.8, 4) is 5.69 Å². The molecule has 10 heteroatoms. The highest BCUT2D eigenvalue weighted by molar-refractivity contribution is 7.89. The van der Waals surface area contributed by atoms with Gasteiger partial charge >= 0.3 is 0 Å². The zero-order chi connectivity index (χ0) is 28.2. The van der Waals surface area contributed by atoms with Crippen molar-refractivity contribution in [2.75, 3.05) is 6.54 Å². The molecule has 7 nitrogen and oxygen atoms in total. The van der Waals surface area contributed by atoms with E-state index in [9.17, 15) is 13.2 Å². The second-order valence-electron chi connectivity index (χ2n) is 9.13. The SMILES string of the molecule is Cc1ccc(S(=O)(=O)N(CC(=O)N/N=C/c2cc(C)n(-c3ccc(Cl)c(Cl)c3)c2C)Cc2ccccc2)cc1. The molecule has 0 bridgehead atoms. The van der Waals surface area contributed by atoms with E-state index in [1.165, 1.54) is 6.21 Å². The minimum Gasteiger partial charge on any atom is -0.318 e. The van der Waals surface area contributed by atoms with Crippen LogP contribution in [0.25, 0.3) is 5.69 Å². The number of sulfonamides is 1. The van der Waals surface area contributed by atoms with Gasteiger partial charge in [0.15, 0.2) is 0 Å². The molecule has 0 unspecified atom stereocenters. The van der Waals surface area contributed by atoms with Crippen molar-refractivity contribution in [1.29, 1.82) is 0 Å². The van der Waals surface area contributed by atoms with Crippen molar-refractivity contribution >= 4 is 45.3 Å². The molecule has 0 aliphatic rings. The fourth-order valence-electron chi connectivity index (χ4n) is 4.18. The molecule has 0 spiro atoms. The number of carbonyl (C=O) groups excluding carboxylic acids is 1. The number of halogens is 2. The van der Waals surface area contributed by atoms with Crippen molar-refractivity contribution in [2.24, 2.45) is 5.10 Å². The van der Waals surface area contributed by atoms with E-state index < -0.39 is 22.5 Å². The number of nitrogens with one attached hydrogen (secondary N) is 1. The van der Waals surface area contributed by atoms with Crippen LogP contribution in [0.4, 0.5) is 0 Å². The zero-order valence-corrected chi connectivity index (χ0v) is 24.1. The first-order valence-electron chi connectivity index (χ1n) is 12.1. The average Bonchev–Trinajstić information content (AvgIpc) is 3.18. The van der Waals surface area contributed by atoms with E-state index in [1.54, 1.807) is 36.4 Å². The summed E-state index contributed by atoms with van der Waals surface area (Å²) in [6.07, 6.45) is 1.53. The van der Waals surface area contributed by atoms with Crippen molar-refractivity contribution in [2.45, 2.75) is 32.2 Å². The summed E-state index contributed by atoms with van der Waals surface area (Å²) in [6, 6.07) is 23.0. The molecule has 0 aliphatic carbocycles.